The number of fused-ring (bicyclic) bond motifs is 7. The summed E-state index contributed by atoms with van der Waals surface area (Å²) in [7, 11) is 0. The van der Waals surface area contributed by atoms with E-state index in [1.807, 2.05) is 0 Å². The van der Waals surface area contributed by atoms with E-state index in [2.05, 4.69) is 5.32 Å². The molecular formula is C73H69NO21. The number of aromatic hydroxyl groups is 1. The van der Waals surface area contributed by atoms with Crippen molar-refractivity contribution in [1.29, 1.82) is 0 Å². The normalized spacial score (nSPS) is 25.5. The van der Waals surface area contributed by atoms with Crippen LogP contribution < -0.4 is 10.7 Å². The van der Waals surface area contributed by atoms with Gasteiger partial charge in [0, 0.05) is 77.3 Å². The van der Waals surface area contributed by atoms with Crippen LogP contribution >= 0.6 is 0 Å². The van der Waals surface area contributed by atoms with E-state index < -0.39 is 124 Å². The molecule has 4 aliphatic carbocycles. The fourth-order valence-electron chi connectivity index (χ4n) is 14.6. The maximum Gasteiger partial charge on any atom is 0.373 e. The van der Waals surface area contributed by atoms with E-state index in [1.54, 1.807) is 157 Å². The van der Waals surface area contributed by atoms with Gasteiger partial charge in [-0.1, -0.05) is 119 Å². The zero-order valence-electron chi connectivity index (χ0n) is 53.1. The monoisotopic (exact) mass is 1300 g/mol. The van der Waals surface area contributed by atoms with E-state index in [0.717, 1.165) is 0 Å². The zero-order valence-corrected chi connectivity index (χ0v) is 53.1. The van der Waals surface area contributed by atoms with Gasteiger partial charge in [0.15, 0.2) is 22.9 Å². The number of amides is 1. The molecule has 1 amide bonds. The van der Waals surface area contributed by atoms with Crippen molar-refractivity contribution in [2.24, 2.45) is 28.6 Å². The smallest absolute Gasteiger partial charge is 0.373 e. The highest BCUT2D eigenvalue weighted by atomic mass is 16.6. The molecule has 0 aromatic heterocycles. The van der Waals surface area contributed by atoms with Crippen LogP contribution in [0.3, 0.4) is 0 Å². The molecule has 2 bridgehead atoms. The molecular weight excluding hydrogens is 1230 g/mol. The number of carbonyl (C=O) groups is 7. The number of ketones is 2. The van der Waals surface area contributed by atoms with Crippen LogP contribution in [-0.4, -0.2) is 117 Å². The molecule has 22 nitrogen and oxygen atoms in total. The predicted octanol–water partition coefficient (Wildman–Crippen LogP) is 8.71. The summed E-state index contributed by atoms with van der Waals surface area (Å²) in [5.74, 6) is -9.10. The van der Waals surface area contributed by atoms with Gasteiger partial charge in [-0.05, 0) is 91.6 Å². The number of carbonyl (C=O) groups excluding carboxylic acids is 11. The zero-order chi connectivity index (χ0) is 69.1. The Bertz CT molecular complexity index is 4230. The molecule has 2 heterocycles. The molecule has 5 aromatic carbocycles. The van der Waals surface area contributed by atoms with Crippen molar-refractivity contribution in [2.75, 3.05) is 6.61 Å². The number of ether oxygens (including phenoxy) is 5. The standard InChI is InChI=1S/C71H69NO17.2CO2/c1-38(32-51(76)42-24-26-43(27-25-42)56-49-30-28-47(74)33-52(49)85-53-34-48(75)29-31-50(53)56)64(80)89-68(7)36-55-70(37-84-55,88-41(4)73)60-62(87-65(81)46-22-16-11-17-23-46)71(83)35-54(39(2)57(67(71,5)6)40(3)61(78)69(60,68)8)86-66(82)59(77)58(44-18-12-9-13-19-44)72-63(79)45-20-14-10-15-21-45;2*2-1-3/h9-31,33-34,38,40,54-55,58-60,62,74,77,83H,32,35-37H2,1-8H3,(H,72,79);;/t38?,40-,54?,55-,58?,59?,60+,62+,68?,69-,70+,71?;;/m1../s1. The van der Waals surface area contributed by atoms with Crippen LogP contribution in [0.25, 0.3) is 33.4 Å². The lowest BCUT2D eigenvalue weighted by molar-refractivity contribution is -0.359. The topological polar surface area (TPSA) is 337 Å². The second-order valence-electron chi connectivity index (χ2n) is 25.2. The van der Waals surface area contributed by atoms with Crippen LogP contribution in [0, 0.1) is 28.6 Å². The lowest BCUT2D eigenvalue weighted by Crippen LogP contribution is -2.83. The largest absolute Gasteiger partial charge is 0.508 e. The fraction of sp³-hybridized carbons (Fsp3) is 0.342. The molecule has 6 aliphatic rings. The van der Waals surface area contributed by atoms with Crippen molar-refractivity contribution in [1.82, 2.24) is 5.32 Å². The SMILES string of the molecule is CC(=O)O[C@@]12CO[C@@H]1CC(C)(OC(=O)C(C)CC(=O)c1ccc(-c3c4ccc(=O)cc-4oc4cc(O)ccc34)cc1)[C@@]1(C)C(=O)[C@H](C)C3=C(C)C(OC(=O)C(O)C(NC(=O)c4ccccc4)c4ccccc4)CC(O)([C@@H](OC(=O)c4ccccc4)[C@H]21)C3(C)C.O=C=O.O=C=O. The van der Waals surface area contributed by atoms with Crippen LogP contribution in [0.5, 0.6) is 5.75 Å². The molecule has 12 atom stereocenters. The molecule has 4 N–H and O–H groups in total. The van der Waals surface area contributed by atoms with E-state index >= 15 is 4.79 Å². The average molecular weight is 1300 g/mol. The number of phenolic OH excluding ortho intramolecular Hbond substituents is 1. The summed E-state index contributed by atoms with van der Waals surface area (Å²) in [6.45, 7) is 12.1. The summed E-state index contributed by atoms with van der Waals surface area (Å²) in [6.07, 6.45) is -7.11. The molecule has 492 valence electrons. The molecule has 2 saturated carbocycles. The van der Waals surface area contributed by atoms with Crippen LogP contribution in [0.2, 0.25) is 0 Å². The van der Waals surface area contributed by atoms with Crippen molar-refractivity contribution in [3.63, 3.8) is 0 Å². The lowest BCUT2D eigenvalue weighted by Gasteiger charge is -2.70. The average Bonchev–Trinajstić information content (AvgIpc) is 0.661. The number of nitrogens with one attached hydrogen (secondary N) is 1. The third-order valence-electron chi connectivity index (χ3n) is 19.4. The lowest BCUT2D eigenvalue weighted by atomic mass is 9.41. The maximum atomic E-state index is 16.5. The minimum atomic E-state index is -2.38. The number of aliphatic hydroxyl groups excluding tert-OH is 1. The summed E-state index contributed by atoms with van der Waals surface area (Å²) < 4.78 is 38.3. The van der Waals surface area contributed by atoms with E-state index in [0.29, 0.717) is 44.6 Å². The van der Waals surface area contributed by atoms with Gasteiger partial charge >= 0.3 is 36.2 Å². The van der Waals surface area contributed by atoms with Gasteiger partial charge < -0.3 is 48.7 Å². The number of benzene rings is 6. The highest BCUT2D eigenvalue weighted by Gasteiger charge is 2.81. The van der Waals surface area contributed by atoms with Crippen LogP contribution in [0.4, 0.5) is 0 Å². The number of rotatable bonds is 15. The highest BCUT2D eigenvalue weighted by molar-refractivity contribution is 6.04. The molecule has 95 heavy (non-hydrogen) atoms. The summed E-state index contributed by atoms with van der Waals surface area (Å²) in [4.78, 5) is 148. The molecule has 5 aromatic rings. The van der Waals surface area contributed by atoms with Gasteiger partial charge in [-0.25, -0.2) is 9.59 Å². The Morgan fingerprint density at radius 2 is 1.33 bits per heavy atom. The van der Waals surface area contributed by atoms with Crippen LogP contribution in [-0.2, 0) is 62.0 Å². The van der Waals surface area contributed by atoms with Gasteiger partial charge in [0.2, 0.25) is 0 Å². The van der Waals surface area contributed by atoms with Crippen molar-refractivity contribution in [3.05, 3.63) is 195 Å². The Hall–Kier alpha value is -10.3. The van der Waals surface area contributed by atoms with Gasteiger partial charge in [-0.3, -0.25) is 28.8 Å². The number of hydrogen-bond acceptors (Lipinski definition) is 21. The molecule has 22 heteroatoms. The van der Waals surface area contributed by atoms with E-state index in [-0.39, 0.29) is 65.2 Å². The third-order valence-corrected chi connectivity index (χ3v) is 19.4. The summed E-state index contributed by atoms with van der Waals surface area (Å²) in [6, 6.07) is 38.9. The Labute approximate surface area is 544 Å². The quantitative estimate of drug-likeness (QED) is 0.0245. The molecule has 6 unspecified atom stereocenters. The number of phenols is 1. The van der Waals surface area contributed by atoms with Gasteiger partial charge in [-0.15, -0.1) is 0 Å². The second kappa shape index (κ2) is 27.3. The van der Waals surface area contributed by atoms with Crippen molar-refractivity contribution >= 4 is 64.6 Å². The highest BCUT2D eigenvalue weighted by Crippen LogP contribution is 2.68. The van der Waals surface area contributed by atoms with Gasteiger partial charge in [0.05, 0.1) is 35.5 Å². The Balaban J connectivity index is 0.00000170. The number of hydrogen-bond donors (Lipinski definition) is 4. The van der Waals surface area contributed by atoms with Gasteiger partial charge in [0.25, 0.3) is 5.91 Å². The molecule has 1 saturated heterocycles. The van der Waals surface area contributed by atoms with E-state index in [1.165, 1.54) is 50.2 Å². The fourth-order valence-corrected chi connectivity index (χ4v) is 14.6. The molecule has 11 rings (SSSR count). The summed E-state index contributed by atoms with van der Waals surface area (Å²) >= 11 is 0. The summed E-state index contributed by atoms with van der Waals surface area (Å²) in [5.41, 5.74) is -6.17. The number of Topliss-reactive ketones (excluding diaryl/α,β-unsaturated/α-hetero) is 2. The third kappa shape index (κ3) is 12.7. The molecule has 3 fully saturated rings. The number of esters is 4. The van der Waals surface area contributed by atoms with E-state index in [9.17, 15) is 48.9 Å². The van der Waals surface area contributed by atoms with Crippen molar-refractivity contribution in [2.45, 2.75) is 122 Å². The Morgan fingerprint density at radius 3 is 1.92 bits per heavy atom. The minimum absolute atomic E-state index is 0.0368. The Morgan fingerprint density at radius 1 is 0.726 bits per heavy atom. The first kappa shape index (κ1) is 69.0. The minimum Gasteiger partial charge on any atom is -0.508 e. The Kier molecular flexibility index (Phi) is 19.8. The summed E-state index contributed by atoms with van der Waals surface area (Å²) in [5, 5.41) is 40.0. The first-order valence-electron chi connectivity index (χ1n) is 30.4. The predicted molar refractivity (Wildman–Crippen MR) is 334 cm³/mol. The first-order chi connectivity index (χ1) is 45.1. The molecule has 0 radical (unpaired) electrons. The molecule has 2 aliphatic heterocycles. The van der Waals surface area contributed by atoms with Gasteiger partial charge in [0.1, 0.15) is 52.4 Å². The van der Waals surface area contributed by atoms with Gasteiger partial charge in [-0.2, -0.15) is 19.2 Å². The van der Waals surface area contributed by atoms with Crippen molar-refractivity contribution in [3.8, 4) is 28.2 Å². The van der Waals surface area contributed by atoms with Crippen LogP contribution in [0.15, 0.2) is 172 Å². The second-order valence-corrected chi connectivity index (χ2v) is 25.2. The van der Waals surface area contributed by atoms with Crippen molar-refractivity contribution < 1.29 is 96.2 Å². The van der Waals surface area contributed by atoms with E-state index in [4.69, 9.17) is 47.3 Å². The van der Waals surface area contributed by atoms with Crippen LogP contribution in [0.1, 0.15) is 117 Å². The molecule has 0 spiro atoms. The first-order valence-corrected chi connectivity index (χ1v) is 30.4. The number of aliphatic hydroxyl groups is 2. The maximum absolute atomic E-state index is 16.5.